The lowest BCUT2D eigenvalue weighted by Gasteiger charge is -2.13. The third-order valence-electron chi connectivity index (χ3n) is 4.91. The number of carbonyl (C=O) groups excluding carboxylic acids is 1. The molecule has 1 aliphatic heterocycles. The van der Waals surface area contributed by atoms with Gasteiger partial charge in [0.1, 0.15) is 11.1 Å². The number of anilines is 2. The molecule has 0 spiro atoms. The van der Waals surface area contributed by atoms with Crippen LogP contribution in [0.1, 0.15) is 52.5 Å². The smallest absolute Gasteiger partial charge is 0.256 e. The Hall–Kier alpha value is -2.65. The zero-order valence-corrected chi connectivity index (χ0v) is 15.5. The van der Waals surface area contributed by atoms with Crippen LogP contribution in [-0.2, 0) is 12.8 Å². The Balaban J connectivity index is 1.52. The molecule has 26 heavy (non-hydrogen) atoms. The second-order valence-corrected chi connectivity index (χ2v) is 7.84. The number of benzene rings is 1. The van der Waals surface area contributed by atoms with E-state index in [1.807, 2.05) is 36.2 Å². The molecular weight excluding hydrogens is 344 g/mol. The number of carbonyl (C=O) groups is 1. The molecule has 132 valence electrons. The number of hydrogen-bond acceptors (Lipinski definition) is 5. The molecule has 0 saturated carbocycles. The molecule has 1 aromatic carbocycles. The molecule has 1 amide bonds. The number of thiophene rings is 1. The van der Waals surface area contributed by atoms with E-state index in [-0.39, 0.29) is 5.91 Å². The molecule has 1 aromatic heterocycles. The average Bonchev–Trinajstić information content (AvgIpc) is 3.24. The summed E-state index contributed by atoms with van der Waals surface area (Å²) in [6, 6.07) is 9.75. The van der Waals surface area contributed by atoms with E-state index >= 15 is 0 Å². The minimum absolute atomic E-state index is 0.173. The lowest BCUT2D eigenvalue weighted by atomic mass is 9.96. The van der Waals surface area contributed by atoms with Crippen LogP contribution in [0.3, 0.4) is 0 Å². The van der Waals surface area contributed by atoms with Crippen LogP contribution in [-0.4, -0.2) is 18.2 Å². The van der Waals surface area contributed by atoms with E-state index in [1.54, 1.807) is 11.3 Å². The first kappa shape index (κ1) is 16.8. The first-order valence-electron chi connectivity index (χ1n) is 8.93. The van der Waals surface area contributed by atoms with Crippen molar-refractivity contribution < 1.29 is 4.79 Å². The van der Waals surface area contributed by atoms with Gasteiger partial charge in [-0.25, -0.2) is 0 Å². The van der Waals surface area contributed by atoms with E-state index in [1.165, 1.54) is 4.88 Å². The molecule has 2 aromatic rings. The van der Waals surface area contributed by atoms with E-state index < -0.39 is 0 Å². The minimum Gasteiger partial charge on any atom is -0.312 e. The molecular formula is C20H20N4OS. The summed E-state index contributed by atoms with van der Waals surface area (Å²) in [6.07, 6.45) is 5.20. The predicted molar refractivity (Wildman–Crippen MR) is 105 cm³/mol. The quantitative estimate of drug-likeness (QED) is 0.881. The largest absolute Gasteiger partial charge is 0.312 e. The Morgan fingerprint density at radius 3 is 2.69 bits per heavy atom. The molecule has 2 aliphatic rings. The molecule has 0 fully saturated rings. The highest BCUT2D eigenvalue weighted by Gasteiger charge is 2.22. The number of hydrazone groups is 1. The topological polar surface area (TPSA) is 68.5 Å². The van der Waals surface area contributed by atoms with Gasteiger partial charge in [0, 0.05) is 29.1 Å². The molecule has 1 N–H and O–H groups in total. The second kappa shape index (κ2) is 6.93. The lowest BCUT2D eigenvalue weighted by Crippen LogP contribution is -2.14. The Bertz CT molecular complexity index is 921. The molecule has 0 unspecified atom stereocenters. The van der Waals surface area contributed by atoms with Gasteiger partial charge in [0.15, 0.2) is 0 Å². The van der Waals surface area contributed by atoms with Crippen molar-refractivity contribution in [1.29, 1.82) is 5.26 Å². The highest BCUT2D eigenvalue weighted by molar-refractivity contribution is 7.16. The predicted octanol–water partition coefficient (Wildman–Crippen LogP) is 4.34. The van der Waals surface area contributed by atoms with Crippen LogP contribution in [0.5, 0.6) is 0 Å². The summed E-state index contributed by atoms with van der Waals surface area (Å²) >= 11 is 1.55. The lowest BCUT2D eigenvalue weighted by molar-refractivity contribution is 0.102. The highest BCUT2D eigenvalue weighted by atomic mass is 32.1. The molecule has 5 nitrogen and oxygen atoms in total. The summed E-state index contributed by atoms with van der Waals surface area (Å²) < 4.78 is 0. The number of aryl methyl sites for hydroxylation is 1. The fourth-order valence-corrected chi connectivity index (χ4v) is 4.73. The Labute approximate surface area is 156 Å². The molecule has 0 atom stereocenters. The summed E-state index contributed by atoms with van der Waals surface area (Å²) in [5.41, 5.74) is 4.48. The van der Waals surface area contributed by atoms with Gasteiger partial charge in [-0.05, 0) is 62.4 Å². The zero-order chi connectivity index (χ0) is 18.1. The van der Waals surface area contributed by atoms with Crippen molar-refractivity contribution in [2.45, 2.75) is 39.0 Å². The maximum atomic E-state index is 12.6. The van der Waals surface area contributed by atoms with Crippen molar-refractivity contribution in [3.63, 3.8) is 0 Å². The molecule has 0 radical (unpaired) electrons. The third-order valence-corrected chi connectivity index (χ3v) is 6.12. The van der Waals surface area contributed by atoms with Gasteiger partial charge in [-0.2, -0.15) is 10.4 Å². The fourth-order valence-electron chi connectivity index (χ4n) is 3.49. The fraction of sp³-hybridized carbons (Fsp3) is 0.350. The molecule has 0 bridgehead atoms. The van der Waals surface area contributed by atoms with E-state index in [2.05, 4.69) is 16.5 Å². The number of nitrogens with zero attached hydrogens (tertiary/aromatic N) is 3. The van der Waals surface area contributed by atoms with E-state index in [0.29, 0.717) is 16.1 Å². The Kier molecular flexibility index (Phi) is 4.48. The number of nitrogens with one attached hydrogen (secondary N) is 1. The van der Waals surface area contributed by atoms with Gasteiger partial charge in [-0.3, -0.25) is 9.80 Å². The normalized spacial score (nSPS) is 16.0. The number of hydrogen-bond donors (Lipinski definition) is 1. The number of fused-ring (bicyclic) bond motifs is 1. The summed E-state index contributed by atoms with van der Waals surface area (Å²) in [7, 11) is 0. The maximum absolute atomic E-state index is 12.6. The number of rotatable bonds is 3. The van der Waals surface area contributed by atoms with Crippen molar-refractivity contribution in [3.8, 4) is 6.07 Å². The van der Waals surface area contributed by atoms with Gasteiger partial charge in [0.2, 0.25) is 0 Å². The summed E-state index contributed by atoms with van der Waals surface area (Å²) in [5.74, 6) is -0.173. The van der Waals surface area contributed by atoms with Gasteiger partial charge in [0.05, 0.1) is 11.3 Å². The molecule has 4 rings (SSSR count). The van der Waals surface area contributed by atoms with Crippen LogP contribution < -0.4 is 10.3 Å². The van der Waals surface area contributed by atoms with Crippen molar-refractivity contribution in [3.05, 3.63) is 45.8 Å². The van der Waals surface area contributed by atoms with Crippen molar-refractivity contribution in [2.75, 3.05) is 16.9 Å². The molecule has 6 heteroatoms. The molecule has 1 aliphatic carbocycles. The minimum atomic E-state index is -0.173. The first-order chi connectivity index (χ1) is 12.7. The van der Waals surface area contributed by atoms with Crippen molar-refractivity contribution in [2.24, 2.45) is 5.10 Å². The summed E-state index contributed by atoms with van der Waals surface area (Å²) in [6.45, 7) is 2.90. The van der Waals surface area contributed by atoms with Crippen LogP contribution in [0.2, 0.25) is 0 Å². The third kappa shape index (κ3) is 3.11. The summed E-state index contributed by atoms with van der Waals surface area (Å²) in [4.78, 5) is 13.9. The zero-order valence-electron chi connectivity index (χ0n) is 14.7. The van der Waals surface area contributed by atoms with E-state index in [0.717, 1.165) is 55.6 Å². The number of amides is 1. The van der Waals surface area contributed by atoms with Crippen LogP contribution in [0, 0.1) is 11.3 Å². The molecule has 2 heterocycles. The van der Waals surface area contributed by atoms with E-state index in [9.17, 15) is 10.1 Å². The van der Waals surface area contributed by atoms with Crippen LogP contribution in [0.15, 0.2) is 29.4 Å². The highest BCUT2D eigenvalue weighted by Crippen LogP contribution is 2.37. The molecule has 0 saturated heterocycles. The monoisotopic (exact) mass is 364 g/mol. The van der Waals surface area contributed by atoms with E-state index in [4.69, 9.17) is 0 Å². The van der Waals surface area contributed by atoms with Gasteiger partial charge >= 0.3 is 0 Å². The van der Waals surface area contributed by atoms with Crippen molar-refractivity contribution >= 4 is 33.6 Å². The van der Waals surface area contributed by atoms with Gasteiger partial charge in [0.25, 0.3) is 5.91 Å². The SMILES string of the molecule is CC1=NN(c2ccc(C(=O)Nc3sc4c(c3C#N)CCCC4)cc2)CC1. The van der Waals surface area contributed by atoms with Gasteiger partial charge in [-0.1, -0.05) is 0 Å². The average molecular weight is 364 g/mol. The number of nitriles is 1. The Morgan fingerprint density at radius 2 is 2.00 bits per heavy atom. The Morgan fingerprint density at radius 1 is 1.23 bits per heavy atom. The van der Waals surface area contributed by atoms with Gasteiger partial charge in [-0.15, -0.1) is 11.3 Å². The second-order valence-electron chi connectivity index (χ2n) is 6.74. The van der Waals surface area contributed by atoms with Crippen molar-refractivity contribution in [1.82, 2.24) is 0 Å². The van der Waals surface area contributed by atoms with Crippen LogP contribution in [0.4, 0.5) is 10.7 Å². The first-order valence-corrected chi connectivity index (χ1v) is 9.75. The maximum Gasteiger partial charge on any atom is 0.256 e. The van der Waals surface area contributed by atoms with Crippen LogP contribution in [0.25, 0.3) is 0 Å². The summed E-state index contributed by atoms with van der Waals surface area (Å²) in [5, 5.41) is 19.6. The van der Waals surface area contributed by atoms with Gasteiger partial charge < -0.3 is 5.32 Å². The standard InChI is InChI=1S/C20H20N4OS/c1-13-10-11-24(23-13)15-8-6-14(7-9-15)19(25)22-20-17(12-21)16-4-2-3-5-18(16)26-20/h6-9H,2-5,10-11H2,1H3,(H,22,25). The van der Waals surface area contributed by atoms with Crippen LogP contribution >= 0.6 is 11.3 Å².